The molecule has 3 aromatic rings. The van der Waals surface area contributed by atoms with Gasteiger partial charge >= 0.3 is 11.9 Å². The van der Waals surface area contributed by atoms with Gasteiger partial charge in [-0.1, -0.05) is 38.1 Å². The van der Waals surface area contributed by atoms with E-state index in [0.717, 1.165) is 42.7 Å². The van der Waals surface area contributed by atoms with Crippen LogP contribution in [-0.2, 0) is 22.5 Å². The van der Waals surface area contributed by atoms with Gasteiger partial charge in [0.05, 0.1) is 16.6 Å². The van der Waals surface area contributed by atoms with Crippen molar-refractivity contribution in [3.63, 3.8) is 0 Å². The Kier molecular flexibility index (Phi) is 7.41. The second kappa shape index (κ2) is 10.7. The van der Waals surface area contributed by atoms with Gasteiger partial charge in [-0.3, -0.25) is 14.7 Å². The third-order valence-corrected chi connectivity index (χ3v) is 6.16. The van der Waals surface area contributed by atoms with Crippen molar-refractivity contribution in [2.75, 3.05) is 18.4 Å². The van der Waals surface area contributed by atoms with Crippen LogP contribution in [0.1, 0.15) is 58.7 Å². The molecule has 0 radical (unpaired) electrons. The van der Waals surface area contributed by atoms with Crippen LogP contribution in [0.2, 0.25) is 0 Å². The number of aromatic carboxylic acids is 1. The maximum Gasteiger partial charge on any atom is 0.340 e. The second-order valence-electron chi connectivity index (χ2n) is 8.63. The zero-order valence-electron chi connectivity index (χ0n) is 19.9. The van der Waals surface area contributed by atoms with Crippen molar-refractivity contribution in [1.82, 2.24) is 9.88 Å². The number of carboxylic acid groups (broad SMARTS) is 1. The van der Waals surface area contributed by atoms with E-state index in [2.05, 4.69) is 17.1 Å². The Bertz CT molecular complexity index is 1270. The van der Waals surface area contributed by atoms with Gasteiger partial charge in [0, 0.05) is 41.8 Å². The molecule has 1 amide bonds. The molecule has 182 valence electrons. The molecular weight excluding hydrogens is 446 g/mol. The number of hydrogen-bond acceptors (Lipinski definition) is 6. The number of nitrogens with zero attached hydrogens (tertiary/aromatic N) is 2. The molecule has 1 atom stereocenters. The molecule has 0 aliphatic carbocycles. The first-order valence-electron chi connectivity index (χ1n) is 11.9. The molecule has 1 aliphatic heterocycles. The summed E-state index contributed by atoms with van der Waals surface area (Å²) in [5.74, 6) is -2.16. The second-order valence-corrected chi connectivity index (χ2v) is 8.63. The molecule has 35 heavy (non-hydrogen) atoms. The van der Waals surface area contributed by atoms with Crippen LogP contribution in [0, 0.1) is 0 Å². The molecule has 1 unspecified atom stereocenters. The summed E-state index contributed by atoms with van der Waals surface area (Å²) < 4.78 is 5.75. The van der Waals surface area contributed by atoms with E-state index in [-0.39, 0.29) is 12.0 Å². The highest BCUT2D eigenvalue weighted by Gasteiger charge is 2.29. The Morgan fingerprint density at radius 2 is 1.94 bits per heavy atom. The van der Waals surface area contributed by atoms with Crippen LogP contribution in [0.5, 0.6) is 0 Å². The van der Waals surface area contributed by atoms with Crippen LogP contribution in [0.15, 0.2) is 48.5 Å². The molecule has 0 spiro atoms. The summed E-state index contributed by atoms with van der Waals surface area (Å²) in [5, 5.41) is 12.6. The molecule has 2 aromatic carbocycles. The third-order valence-electron chi connectivity index (χ3n) is 6.16. The number of pyridine rings is 1. The van der Waals surface area contributed by atoms with Crippen molar-refractivity contribution < 1.29 is 24.2 Å². The zero-order valence-corrected chi connectivity index (χ0v) is 19.9. The third kappa shape index (κ3) is 5.33. The summed E-state index contributed by atoms with van der Waals surface area (Å²) in [6.07, 6.45) is 0.993. The lowest BCUT2D eigenvalue weighted by Crippen LogP contribution is -2.35. The van der Waals surface area contributed by atoms with E-state index in [1.54, 1.807) is 19.1 Å². The molecule has 2 N–H and O–H groups in total. The highest BCUT2D eigenvalue weighted by Crippen LogP contribution is 2.29. The van der Waals surface area contributed by atoms with Gasteiger partial charge in [-0.15, -0.1) is 0 Å². The highest BCUT2D eigenvalue weighted by molar-refractivity contribution is 6.06. The van der Waals surface area contributed by atoms with E-state index >= 15 is 0 Å². The summed E-state index contributed by atoms with van der Waals surface area (Å²) in [5.41, 5.74) is 3.32. The topological polar surface area (TPSA) is 109 Å². The Morgan fingerprint density at radius 3 is 2.69 bits per heavy atom. The summed E-state index contributed by atoms with van der Waals surface area (Å²) >= 11 is 0. The number of nitrogens with one attached hydrogen (secondary N) is 1. The molecule has 0 fully saturated rings. The lowest BCUT2D eigenvalue weighted by Gasteiger charge is -2.30. The predicted octanol–water partition coefficient (Wildman–Crippen LogP) is 4.28. The number of ether oxygens (including phenoxy) is 1. The van der Waals surface area contributed by atoms with Crippen LogP contribution < -0.4 is 5.32 Å². The van der Waals surface area contributed by atoms with E-state index in [1.165, 1.54) is 12.1 Å². The van der Waals surface area contributed by atoms with Crippen molar-refractivity contribution in [3.8, 4) is 0 Å². The van der Waals surface area contributed by atoms with Gasteiger partial charge in [0.25, 0.3) is 5.91 Å². The number of carboxylic acids is 1. The maximum atomic E-state index is 13.5. The van der Waals surface area contributed by atoms with Crippen LogP contribution in [0.4, 0.5) is 5.69 Å². The number of rotatable bonds is 8. The van der Waals surface area contributed by atoms with E-state index in [1.807, 2.05) is 24.3 Å². The molecule has 1 aliphatic rings. The minimum absolute atomic E-state index is 0.0550. The Labute approximate surface area is 203 Å². The van der Waals surface area contributed by atoms with Crippen LogP contribution in [0.25, 0.3) is 10.9 Å². The van der Waals surface area contributed by atoms with Crippen LogP contribution in [0.3, 0.4) is 0 Å². The molecular formula is C27H29N3O5. The van der Waals surface area contributed by atoms with E-state index in [9.17, 15) is 19.5 Å². The monoisotopic (exact) mass is 475 g/mol. The number of carbonyl (C=O) groups is 3. The van der Waals surface area contributed by atoms with E-state index in [4.69, 9.17) is 9.72 Å². The number of hydrogen-bond donors (Lipinski definition) is 2. The minimum Gasteiger partial charge on any atom is -0.478 e. The quantitative estimate of drug-likeness (QED) is 0.468. The van der Waals surface area contributed by atoms with Gasteiger partial charge in [-0.25, -0.2) is 9.59 Å². The molecule has 8 nitrogen and oxygen atoms in total. The number of amides is 1. The Hall–Kier alpha value is -3.78. The molecule has 0 bridgehead atoms. The lowest BCUT2D eigenvalue weighted by molar-refractivity contribution is -0.124. The zero-order chi connectivity index (χ0) is 24.9. The predicted molar refractivity (Wildman–Crippen MR) is 133 cm³/mol. The summed E-state index contributed by atoms with van der Waals surface area (Å²) in [6, 6.07) is 13.4. The Morgan fingerprint density at radius 1 is 1.14 bits per heavy atom. The molecule has 8 heteroatoms. The first-order chi connectivity index (χ1) is 16.9. The molecule has 1 aromatic heterocycles. The fraction of sp³-hybridized carbons (Fsp3) is 0.333. The number of esters is 1. The van der Waals surface area contributed by atoms with Gasteiger partial charge in [-0.05, 0) is 43.7 Å². The number of carbonyl (C=O) groups excluding carboxylic acids is 2. The van der Waals surface area contributed by atoms with Crippen LogP contribution >= 0.6 is 0 Å². The normalized spacial score (nSPS) is 14.2. The summed E-state index contributed by atoms with van der Waals surface area (Å²) in [7, 11) is 0. The van der Waals surface area contributed by atoms with E-state index < -0.39 is 23.9 Å². The number of para-hydroxylation sites is 1. The number of anilines is 1. The smallest absolute Gasteiger partial charge is 0.340 e. The van der Waals surface area contributed by atoms with Crippen molar-refractivity contribution >= 4 is 34.4 Å². The average Bonchev–Trinajstić information content (AvgIpc) is 2.86. The largest absolute Gasteiger partial charge is 0.478 e. The van der Waals surface area contributed by atoms with Gasteiger partial charge in [0.2, 0.25) is 0 Å². The first-order valence-corrected chi connectivity index (χ1v) is 11.9. The van der Waals surface area contributed by atoms with Gasteiger partial charge < -0.3 is 15.2 Å². The van der Waals surface area contributed by atoms with Gasteiger partial charge in [0.15, 0.2) is 6.10 Å². The number of benzene rings is 2. The summed E-state index contributed by atoms with van der Waals surface area (Å²) in [6.45, 7) is 6.30. The van der Waals surface area contributed by atoms with Crippen molar-refractivity contribution in [2.24, 2.45) is 0 Å². The number of fused-ring (bicyclic) bond motifs is 2. The molecule has 0 saturated carbocycles. The first kappa shape index (κ1) is 24.3. The summed E-state index contributed by atoms with van der Waals surface area (Å²) in [4.78, 5) is 44.8. The average molecular weight is 476 g/mol. The molecule has 2 heterocycles. The van der Waals surface area contributed by atoms with Gasteiger partial charge in [0.1, 0.15) is 0 Å². The minimum atomic E-state index is -1.09. The standard InChI is InChI=1S/C27H29N3O5/c1-3-13-30-14-12-22-20(16-30)24(19-10-5-6-11-21(19)29-22)27(34)35-23(4-2)25(31)28-18-9-7-8-17(15-18)26(32)33/h5-11,15,23H,3-4,12-14,16H2,1-2H3,(H,28,31)(H,32,33). The maximum absolute atomic E-state index is 13.5. The van der Waals surface area contributed by atoms with Crippen molar-refractivity contribution in [3.05, 3.63) is 70.9 Å². The fourth-order valence-corrected chi connectivity index (χ4v) is 4.45. The van der Waals surface area contributed by atoms with E-state index in [0.29, 0.717) is 23.2 Å². The lowest BCUT2D eigenvalue weighted by atomic mass is 9.95. The fourth-order valence-electron chi connectivity index (χ4n) is 4.45. The van der Waals surface area contributed by atoms with Crippen molar-refractivity contribution in [1.29, 1.82) is 0 Å². The number of aromatic nitrogens is 1. The SMILES string of the molecule is CCCN1CCc2nc3ccccc3c(C(=O)OC(CC)C(=O)Nc3cccc(C(=O)O)c3)c2C1. The highest BCUT2D eigenvalue weighted by atomic mass is 16.5. The Balaban J connectivity index is 1.62. The van der Waals surface area contributed by atoms with Crippen LogP contribution in [-0.4, -0.2) is 52.0 Å². The van der Waals surface area contributed by atoms with Crippen molar-refractivity contribution in [2.45, 2.75) is 45.8 Å². The molecule has 0 saturated heterocycles. The van der Waals surface area contributed by atoms with Gasteiger partial charge in [-0.2, -0.15) is 0 Å². The molecule has 4 rings (SSSR count).